The number of benzene rings is 1. The van der Waals surface area contributed by atoms with E-state index < -0.39 is 5.60 Å². The lowest BCUT2D eigenvalue weighted by atomic mass is 9.90. The van der Waals surface area contributed by atoms with Gasteiger partial charge in [-0.1, -0.05) is 31.2 Å². The van der Waals surface area contributed by atoms with E-state index in [2.05, 4.69) is 0 Å². The molecular formula is C11H16O. The monoisotopic (exact) mass is 164 g/mol. The molecule has 0 spiro atoms. The summed E-state index contributed by atoms with van der Waals surface area (Å²) in [5, 5.41) is 9.98. The van der Waals surface area contributed by atoms with Crippen LogP contribution in [-0.4, -0.2) is 5.11 Å². The maximum atomic E-state index is 9.98. The van der Waals surface area contributed by atoms with Crippen molar-refractivity contribution in [3.63, 3.8) is 0 Å². The summed E-state index contributed by atoms with van der Waals surface area (Å²) in [6.45, 7) is 5.88. The Bertz CT molecular complexity index is 263. The lowest BCUT2D eigenvalue weighted by Crippen LogP contribution is -2.20. The molecule has 1 aromatic carbocycles. The van der Waals surface area contributed by atoms with Gasteiger partial charge in [0.15, 0.2) is 0 Å². The van der Waals surface area contributed by atoms with Crippen LogP contribution in [0.4, 0.5) is 0 Å². The highest BCUT2D eigenvalue weighted by molar-refractivity contribution is 5.30. The van der Waals surface area contributed by atoms with Crippen molar-refractivity contribution in [2.24, 2.45) is 0 Å². The predicted octanol–water partition coefficient (Wildman–Crippen LogP) is 2.61. The van der Waals surface area contributed by atoms with Gasteiger partial charge in [0.05, 0.1) is 5.60 Å². The minimum absolute atomic E-state index is 0.675. The average Bonchev–Trinajstić information content (AvgIpc) is 2.05. The minimum atomic E-state index is -0.675. The molecule has 0 aliphatic rings. The van der Waals surface area contributed by atoms with E-state index in [1.807, 2.05) is 45.0 Å². The molecule has 1 atom stereocenters. The Morgan fingerprint density at radius 3 is 2.42 bits per heavy atom. The second-order valence-corrected chi connectivity index (χ2v) is 3.44. The average molecular weight is 164 g/mol. The van der Waals surface area contributed by atoms with Crippen molar-refractivity contribution < 1.29 is 5.11 Å². The van der Waals surface area contributed by atoms with Gasteiger partial charge in [0.1, 0.15) is 0 Å². The van der Waals surface area contributed by atoms with Crippen LogP contribution in [0.25, 0.3) is 0 Å². The molecule has 0 radical (unpaired) electrons. The highest BCUT2D eigenvalue weighted by Crippen LogP contribution is 2.26. The van der Waals surface area contributed by atoms with Crippen molar-refractivity contribution in [2.75, 3.05) is 0 Å². The molecule has 0 saturated carbocycles. The van der Waals surface area contributed by atoms with Crippen molar-refractivity contribution in [1.29, 1.82) is 0 Å². The fourth-order valence-corrected chi connectivity index (χ4v) is 1.37. The third-order valence-electron chi connectivity index (χ3n) is 2.41. The van der Waals surface area contributed by atoms with Crippen LogP contribution in [-0.2, 0) is 5.60 Å². The highest BCUT2D eigenvalue weighted by atomic mass is 16.3. The van der Waals surface area contributed by atoms with Crippen molar-refractivity contribution >= 4 is 0 Å². The van der Waals surface area contributed by atoms with Gasteiger partial charge in [-0.3, -0.25) is 0 Å². The van der Waals surface area contributed by atoms with Crippen LogP contribution in [0.1, 0.15) is 31.4 Å². The van der Waals surface area contributed by atoms with E-state index in [4.69, 9.17) is 0 Å². The SMILES string of the molecule is CC[C@](C)(O)c1ccccc1C. The minimum Gasteiger partial charge on any atom is -0.385 e. The largest absolute Gasteiger partial charge is 0.385 e. The number of hydrogen-bond acceptors (Lipinski definition) is 1. The van der Waals surface area contributed by atoms with E-state index in [9.17, 15) is 5.11 Å². The Balaban J connectivity index is 3.10. The third kappa shape index (κ3) is 1.67. The standard InChI is InChI=1S/C11H16O/c1-4-11(3,12)10-8-6-5-7-9(10)2/h5-8,12H,4H2,1-3H3/t11-/m0/s1. The van der Waals surface area contributed by atoms with Crippen LogP contribution in [0.2, 0.25) is 0 Å². The van der Waals surface area contributed by atoms with Gasteiger partial charge < -0.3 is 5.11 Å². The van der Waals surface area contributed by atoms with Gasteiger partial charge >= 0.3 is 0 Å². The fourth-order valence-electron chi connectivity index (χ4n) is 1.37. The van der Waals surface area contributed by atoms with Gasteiger partial charge in [-0.2, -0.15) is 0 Å². The molecule has 0 heterocycles. The Hall–Kier alpha value is -0.820. The lowest BCUT2D eigenvalue weighted by Gasteiger charge is -2.23. The maximum absolute atomic E-state index is 9.98. The Labute approximate surface area is 74.1 Å². The second-order valence-electron chi connectivity index (χ2n) is 3.44. The predicted molar refractivity (Wildman–Crippen MR) is 51.0 cm³/mol. The Kier molecular flexibility index (Phi) is 2.53. The number of aryl methyl sites for hydroxylation is 1. The van der Waals surface area contributed by atoms with E-state index >= 15 is 0 Å². The topological polar surface area (TPSA) is 20.2 Å². The van der Waals surface area contributed by atoms with Gasteiger partial charge in [0.2, 0.25) is 0 Å². The van der Waals surface area contributed by atoms with Crippen LogP contribution >= 0.6 is 0 Å². The molecule has 1 rings (SSSR count). The number of hydrogen-bond donors (Lipinski definition) is 1. The molecule has 0 aliphatic carbocycles. The quantitative estimate of drug-likeness (QED) is 0.712. The molecule has 0 aromatic heterocycles. The molecule has 66 valence electrons. The molecule has 1 heteroatoms. The van der Waals surface area contributed by atoms with Crippen molar-refractivity contribution in [3.05, 3.63) is 35.4 Å². The number of aliphatic hydroxyl groups is 1. The van der Waals surface area contributed by atoms with E-state index in [1.165, 1.54) is 0 Å². The normalized spacial score (nSPS) is 15.7. The zero-order valence-corrected chi connectivity index (χ0v) is 7.96. The van der Waals surface area contributed by atoms with E-state index in [-0.39, 0.29) is 0 Å². The molecule has 0 unspecified atom stereocenters. The molecular weight excluding hydrogens is 148 g/mol. The van der Waals surface area contributed by atoms with E-state index in [0.29, 0.717) is 0 Å². The fraction of sp³-hybridized carbons (Fsp3) is 0.455. The summed E-state index contributed by atoms with van der Waals surface area (Å²) < 4.78 is 0. The van der Waals surface area contributed by atoms with Crippen LogP contribution in [0.5, 0.6) is 0 Å². The molecule has 0 saturated heterocycles. The zero-order valence-electron chi connectivity index (χ0n) is 7.96. The van der Waals surface area contributed by atoms with Crippen LogP contribution in [0.3, 0.4) is 0 Å². The molecule has 0 amide bonds. The highest BCUT2D eigenvalue weighted by Gasteiger charge is 2.21. The number of rotatable bonds is 2. The molecule has 0 bridgehead atoms. The first-order valence-corrected chi connectivity index (χ1v) is 4.36. The molecule has 1 N–H and O–H groups in total. The van der Waals surface area contributed by atoms with Crippen LogP contribution in [0, 0.1) is 6.92 Å². The maximum Gasteiger partial charge on any atom is 0.0868 e. The summed E-state index contributed by atoms with van der Waals surface area (Å²) in [5.74, 6) is 0. The molecule has 1 aromatic rings. The van der Waals surface area contributed by atoms with E-state index in [0.717, 1.165) is 17.5 Å². The first-order chi connectivity index (χ1) is 5.58. The third-order valence-corrected chi connectivity index (χ3v) is 2.41. The van der Waals surface area contributed by atoms with Gasteiger partial charge in [0, 0.05) is 0 Å². The van der Waals surface area contributed by atoms with Crippen LogP contribution in [0.15, 0.2) is 24.3 Å². The van der Waals surface area contributed by atoms with Crippen molar-refractivity contribution in [3.8, 4) is 0 Å². The summed E-state index contributed by atoms with van der Waals surface area (Å²) in [7, 11) is 0. The van der Waals surface area contributed by atoms with Gasteiger partial charge in [-0.05, 0) is 31.4 Å². The summed E-state index contributed by atoms with van der Waals surface area (Å²) in [5.41, 5.74) is 1.52. The first kappa shape index (κ1) is 9.27. The first-order valence-electron chi connectivity index (χ1n) is 4.36. The van der Waals surface area contributed by atoms with Crippen molar-refractivity contribution in [1.82, 2.24) is 0 Å². The second kappa shape index (κ2) is 3.28. The zero-order chi connectivity index (χ0) is 9.19. The summed E-state index contributed by atoms with van der Waals surface area (Å²) in [6.07, 6.45) is 0.748. The van der Waals surface area contributed by atoms with Crippen LogP contribution < -0.4 is 0 Å². The molecule has 12 heavy (non-hydrogen) atoms. The van der Waals surface area contributed by atoms with Gasteiger partial charge in [-0.15, -0.1) is 0 Å². The summed E-state index contributed by atoms with van der Waals surface area (Å²) in [4.78, 5) is 0. The molecule has 0 fully saturated rings. The Morgan fingerprint density at radius 1 is 1.33 bits per heavy atom. The smallest absolute Gasteiger partial charge is 0.0868 e. The lowest BCUT2D eigenvalue weighted by molar-refractivity contribution is 0.0524. The Morgan fingerprint density at radius 2 is 1.92 bits per heavy atom. The molecule has 1 nitrogen and oxygen atoms in total. The summed E-state index contributed by atoms with van der Waals surface area (Å²) in [6, 6.07) is 7.97. The molecule has 0 aliphatic heterocycles. The van der Waals surface area contributed by atoms with Gasteiger partial charge in [-0.25, -0.2) is 0 Å². The van der Waals surface area contributed by atoms with E-state index in [1.54, 1.807) is 0 Å². The summed E-state index contributed by atoms with van der Waals surface area (Å²) >= 11 is 0. The van der Waals surface area contributed by atoms with Crippen molar-refractivity contribution in [2.45, 2.75) is 32.8 Å². The van der Waals surface area contributed by atoms with Gasteiger partial charge in [0.25, 0.3) is 0 Å².